The molecule has 0 bridgehead atoms. The lowest BCUT2D eigenvalue weighted by molar-refractivity contribution is 1.08. The van der Waals surface area contributed by atoms with Crippen molar-refractivity contribution in [1.82, 2.24) is 24.1 Å². The fourth-order valence-corrected chi connectivity index (χ4v) is 10.7. The van der Waals surface area contributed by atoms with Crippen LogP contribution in [0, 0.1) is 0 Å². The van der Waals surface area contributed by atoms with Crippen molar-refractivity contribution in [3.05, 3.63) is 200 Å². The summed E-state index contributed by atoms with van der Waals surface area (Å²) < 4.78 is 7.15. The first-order chi connectivity index (χ1) is 30.3. The zero-order valence-electron chi connectivity index (χ0n) is 32.7. The average Bonchev–Trinajstić information content (AvgIpc) is 3.99. The van der Waals surface area contributed by atoms with E-state index in [2.05, 4.69) is 191 Å². The van der Waals surface area contributed by atoms with Crippen molar-refractivity contribution in [1.29, 1.82) is 0 Å². The van der Waals surface area contributed by atoms with Crippen molar-refractivity contribution in [2.24, 2.45) is 0 Å². The normalized spacial score (nSPS) is 11.9. The molecule has 13 rings (SSSR count). The molecule has 6 heteroatoms. The fraction of sp³-hybridized carbons (Fsp3) is 0. The van der Waals surface area contributed by atoms with Gasteiger partial charge < -0.3 is 9.13 Å². The van der Waals surface area contributed by atoms with Crippen LogP contribution in [0.25, 0.3) is 120 Å². The molecule has 0 N–H and O–H groups in total. The maximum Gasteiger partial charge on any atom is 0.165 e. The van der Waals surface area contributed by atoms with Crippen molar-refractivity contribution in [3.63, 3.8) is 0 Å². The van der Waals surface area contributed by atoms with E-state index in [4.69, 9.17) is 15.0 Å². The minimum atomic E-state index is 0.636. The fourth-order valence-electron chi connectivity index (χ4n) is 9.48. The Morgan fingerprint density at radius 1 is 0.361 bits per heavy atom. The van der Waals surface area contributed by atoms with Gasteiger partial charge in [0.1, 0.15) is 0 Å². The molecule has 0 atom stereocenters. The molecule has 9 aromatic carbocycles. The Hall–Kier alpha value is -7.93. The van der Waals surface area contributed by atoms with Gasteiger partial charge in [0.2, 0.25) is 0 Å². The second-order valence-electron chi connectivity index (χ2n) is 15.6. The lowest BCUT2D eigenvalue weighted by Gasteiger charge is -2.14. The van der Waals surface area contributed by atoms with Gasteiger partial charge in [-0.05, 0) is 71.4 Å². The smallest absolute Gasteiger partial charge is 0.165 e. The molecule has 0 saturated carbocycles. The van der Waals surface area contributed by atoms with E-state index in [-0.39, 0.29) is 0 Å². The third-order valence-corrected chi connectivity index (χ3v) is 13.4. The van der Waals surface area contributed by atoms with Gasteiger partial charge >= 0.3 is 0 Å². The van der Waals surface area contributed by atoms with E-state index in [0.29, 0.717) is 17.5 Å². The van der Waals surface area contributed by atoms with Gasteiger partial charge in [-0.15, -0.1) is 11.3 Å². The molecule has 61 heavy (non-hydrogen) atoms. The summed E-state index contributed by atoms with van der Waals surface area (Å²) in [6.07, 6.45) is 0. The second-order valence-corrected chi connectivity index (χ2v) is 16.6. The third-order valence-electron chi connectivity index (χ3n) is 12.1. The van der Waals surface area contributed by atoms with E-state index in [1.165, 1.54) is 48.1 Å². The summed E-state index contributed by atoms with van der Waals surface area (Å²) in [7, 11) is 0. The monoisotopic (exact) mass is 795 g/mol. The van der Waals surface area contributed by atoms with Gasteiger partial charge in [-0.25, -0.2) is 15.0 Å². The molecule has 0 amide bonds. The Bertz CT molecular complexity index is 3880. The van der Waals surface area contributed by atoms with Crippen LogP contribution >= 0.6 is 11.3 Å². The van der Waals surface area contributed by atoms with Gasteiger partial charge in [0.05, 0.1) is 27.8 Å². The number of fused-ring (bicyclic) bond motifs is 10. The molecule has 4 aromatic heterocycles. The highest BCUT2D eigenvalue weighted by atomic mass is 32.1. The summed E-state index contributed by atoms with van der Waals surface area (Å²) in [5.41, 5.74) is 9.71. The SMILES string of the molecule is c1ccc(-c2nc(-c3ccc(-n4c5ccccc5c5cc6ccccc6cc54)c4c3sc3ccccc34)nc(-c3cccc4c3c3ccccc3n4-c3ccccc3)n2)cc1. The summed E-state index contributed by atoms with van der Waals surface area (Å²) in [5.74, 6) is 1.92. The molecule has 0 aliphatic carbocycles. The van der Waals surface area contributed by atoms with E-state index in [1.54, 1.807) is 11.3 Å². The molecule has 0 aliphatic heterocycles. The highest BCUT2D eigenvalue weighted by molar-refractivity contribution is 7.26. The quantitative estimate of drug-likeness (QED) is 0.174. The predicted molar refractivity (Wildman–Crippen MR) is 255 cm³/mol. The first-order valence-corrected chi connectivity index (χ1v) is 21.3. The molecule has 0 aliphatic rings. The summed E-state index contributed by atoms with van der Waals surface area (Å²) >= 11 is 1.80. The number of thiophene rings is 1. The number of hydrogen-bond donors (Lipinski definition) is 0. The Morgan fingerprint density at radius 2 is 0.967 bits per heavy atom. The molecule has 284 valence electrons. The van der Waals surface area contributed by atoms with Crippen LogP contribution in [-0.2, 0) is 0 Å². The number of aromatic nitrogens is 5. The van der Waals surface area contributed by atoms with Crippen LogP contribution in [0.2, 0.25) is 0 Å². The molecule has 13 aromatic rings. The minimum absolute atomic E-state index is 0.636. The first-order valence-electron chi connectivity index (χ1n) is 20.5. The summed E-state index contributed by atoms with van der Waals surface area (Å²) in [6, 6.07) is 71.3. The van der Waals surface area contributed by atoms with E-state index in [9.17, 15) is 0 Å². The van der Waals surface area contributed by atoms with Gasteiger partial charge in [-0.1, -0.05) is 140 Å². The van der Waals surface area contributed by atoms with Crippen LogP contribution in [0.15, 0.2) is 200 Å². The number of hydrogen-bond acceptors (Lipinski definition) is 4. The highest BCUT2D eigenvalue weighted by Gasteiger charge is 2.23. The van der Waals surface area contributed by atoms with Crippen LogP contribution in [0.5, 0.6) is 0 Å². The minimum Gasteiger partial charge on any atom is -0.309 e. The molecule has 0 unspecified atom stereocenters. The summed E-state index contributed by atoms with van der Waals surface area (Å²) in [6.45, 7) is 0. The van der Waals surface area contributed by atoms with Crippen molar-refractivity contribution in [2.75, 3.05) is 0 Å². The van der Waals surface area contributed by atoms with Crippen molar-refractivity contribution >= 4 is 85.9 Å². The van der Waals surface area contributed by atoms with E-state index in [0.717, 1.165) is 54.6 Å². The van der Waals surface area contributed by atoms with E-state index >= 15 is 0 Å². The third kappa shape index (κ3) is 5.16. The van der Waals surface area contributed by atoms with Gasteiger partial charge in [0.15, 0.2) is 17.5 Å². The molecule has 0 spiro atoms. The van der Waals surface area contributed by atoms with Crippen molar-refractivity contribution in [2.45, 2.75) is 0 Å². The number of benzene rings is 9. The Kier molecular flexibility index (Phi) is 7.41. The zero-order chi connectivity index (χ0) is 40.0. The average molecular weight is 796 g/mol. The van der Waals surface area contributed by atoms with E-state index < -0.39 is 0 Å². The number of para-hydroxylation sites is 3. The van der Waals surface area contributed by atoms with Crippen LogP contribution in [0.1, 0.15) is 0 Å². The molecule has 0 saturated heterocycles. The molecule has 0 fully saturated rings. The Morgan fingerprint density at radius 3 is 1.77 bits per heavy atom. The molecule has 4 heterocycles. The maximum absolute atomic E-state index is 5.45. The van der Waals surface area contributed by atoms with E-state index in [1.807, 2.05) is 18.2 Å². The van der Waals surface area contributed by atoms with Crippen LogP contribution in [0.4, 0.5) is 0 Å². The van der Waals surface area contributed by atoms with Crippen LogP contribution in [0.3, 0.4) is 0 Å². The molecular weight excluding hydrogens is 763 g/mol. The largest absolute Gasteiger partial charge is 0.309 e. The number of nitrogens with zero attached hydrogens (tertiary/aromatic N) is 5. The highest BCUT2D eigenvalue weighted by Crippen LogP contribution is 2.46. The standard InChI is InChI=1S/C55H33N5S/c1-3-16-34(17-4-1)53-56-54(41-25-15-28-46-50(41)39-23-10-13-27-45(39)59(46)37-20-5-2-6-21-37)58-55(57-53)42-30-31-47(51-40-24-11-14-29-49(40)61-52(42)51)60-44-26-12-9-22-38(44)43-32-35-18-7-8-19-36(35)33-48(43)60/h1-33H. The van der Waals surface area contributed by atoms with Gasteiger partial charge in [0, 0.05) is 64.1 Å². The second kappa shape index (κ2) is 13.3. The molecule has 0 radical (unpaired) electrons. The van der Waals surface area contributed by atoms with Crippen molar-refractivity contribution < 1.29 is 0 Å². The number of rotatable bonds is 5. The van der Waals surface area contributed by atoms with Gasteiger partial charge in [0.25, 0.3) is 0 Å². The van der Waals surface area contributed by atoms with Gasteiger partial charge in [-0.2, -0.15) is 0 Å². The lowest BCUT2D eigenvalue weighted by atomic mass is 10.0. The van der Waals surface area contributed by atoms with Crippen LogP contribution < -0.4 is 0 Å². The van der Waals surface area contributed by atoms with Crippen molar-refractivity contribution in [3.8, 4) is 45.5 Å². The summed E-state index contributed by atoms with van der Waals surface area (Å²) in [5, 5.41) is 9.58. The zero-order valence-corrected chi connectivity index (χ0v) is 33.5. The maximum atomic E-state index is 5.45. The molecular formula is C55H33N5S. The Balaban J connectivity index is 1.10. The summed E-state index contributed by atoms with van der Waals surface area (Å²) in [4.78, 5) is 16.0. The van der Waals surface area contributed by atoms with Crippen LogP contribution in [-0.4, -0.2) is 24.1 Å². The Labute approximate surface area is 354 Å². The lowest BCUT2D eigenvalue weighted by Crippen LogP contribution is -2.01. The predicted octanol–water partition coefficient (Wildman–Crippen LogP) is 14.6. The topological polar surface area (TPSA) is 48.5 Å². The molecule has 5 nitrogen and oxygen atoms in total. The van der Waals surface area contributed by atoms with Gasteiger partial charge in [-0.3, -0.25) is 0 Å². The first kappa shape index (κ1) is 34.0.